The maximum atomic E-state index is 12.9. The molecule has 0 saturated carbocycles. The number of H-pyrrole nitrogens is 1. The van der Waals surface area contributed by atoms with Crippen molar-refractivity contribution in [1.82, 2.24) is 15.0 Å². The van der Waals surface area contributed by atoms with Gasteiger partial charge in [0.1, 0.15) is 5.01 Å². The Hall–Kier alpha value is -3.23. The lowest BCUT2D eigenvalue weighted by atomic mass is 10.2. The Labute approximate surface area is 164 Å². The van der Waals surface area contributed by atoms with Crippen LogP contribution in [0.15, 0.2) is 76.8 Å². The Morgan fingerprint density at radius 1 is 1.00 bits per heavy atom. The molecule has 5 rings (SSSR count). The molecule has 28 heavy (non-hydrogen) atoms. The zero-order valence-corrected chi connectivity index (χ0v) is 16.0. The molecule has 138 valence electrons. The zero-order valence-electron chi connectivity index (χ0n) is 14.3. The lowest BCUT2D eigenvalue weighted by molar-refractivity contribution is 0.460. The van der Waals surface area contributed by atoms with Gasteiger partial charge in [-0.2, -0.15) is 0 Å². The van der Waals surface area contributed by atoms with E-state index in [1.54, 1.807) is 18.2 Å². The van der Waals surface area contributed by atoms with E-state index in [0.717, 1.165) is 10.2 Å². The molecule has 0 atom stereocenters. The Morgan fingerprint density at radius 2 is 1.86 bits per heavy atom. The molecule has 8 heteroatoms. The normalized spacial score (nSPS) is 12.0. The van der Waals surface area contributed by atoms with Crippen molar-refractivity contribution in [2.45, 2.75) is 9.79 Å². The quantitative estimate of drug-likeness (QED) is 0.463. The number of sulfone groups is 1. The van der Waals surface area contributed by atoms with Gasteiger partial charge in [0.05, 0.1) is 25.6 Å². The van der Waals surface area contributed by atoms with E-state index in [-0.39, 0.29) is 15.7 Å². The molecule has 0 radical (unpaired) electrons. The van der Waals surface area contributed by atoms with Crippen LogP contribution < -0.4 is 0 Å². The summed E-state index contributed by atoms with van der Waals surface area (Å²) < 4.78 is 26.9. The third kappa shape index (κ3) is 2.57. The van der Waals surface area contributed by atoms with Crippen molar-refractivity contribution in [3.63, 3.8) is 0 Å². The molecule has 0 amide bonds. The number of nitrogens with one attached hydrogen (secondary N) is 1. The molecule has 2 aromatic carbocycles. The number of fused-ring (bicyclic) bond motifs is 2. The van der Waals surface area contributed by atoms with Crippen LogP contribution in [0.4, 0.5) is 0 Å². The monoisotopic (exact) mass is 407 g/mol. The van der Waals surface area contributed by atoms with E-state index >= 15 is 0 Å². The lowest BCUT2D eigenvalue weighted by Crippen LogP contribution is -2.02. The van der Waals surface area contributed by atoms with Crippen LogP contribution in [-0.4, -0.2) is 28.5 Å². The van der Waals surface area contributed by atoms with E-state index in [2.05, 4.69) is 15.0 Å². The summed E-state index contributed by atoms with van der Waals surface area (Å²) in [7, 11) is -3.72. The first kappa shape index (κ1) is 16.9. The molecule has 0 fully saturated rings. The smallest absolute Gasteiger partial charge is 0.208 e. The second kappa shape index (κ2) is 6.15. The summed E-state index contributed by atoms with van der Waals surface area (Å²) in [5.41, 5.74) is 1.96. The number of rotatable bonds is 3. The molecule has 0 aliphatic carbocycles. The van der Waals surface area contributed by atoms with E-state index in [0.29, 0.717) is 21.5 Å². The summed E-state index contributed by atoms with van der Waals surface area (Å²) in [5.74, 6) is -0.0371. The molecular weight excluding hydrogens is 394 g/mol. The summed E-state index contributed by atoms with van der Waals surface area (Å²) >= 11 is 1.44. The molecule has 0 spiro atoms. The fourth-order valence-electron chi connectivity index (χ4n) is 3.16. The number of hydrogen-bond donors (Lipinski definition) is 2. The Morgan fingerprint density at radius 3 is 2.64 bits per heavy atom. The molecule has 2 N–H and O–H groups in total. The predicted octanol–water partition coefficient (Wildman–Crippen LogP) is 4.38. The number of hydrogen-bond acceptors (Lipinski definition) is 6. The van der Waals surface area contributed by atoms with Gasteiger partial charge in [-0.25, -0.2) is 13.4 Å². The molecule has 0 saturated heterocycles. The highest BCUT2D eigenvalue weighted by Gasteiger charge is 2.22. The van der Waals surface area contributed by atoms with Crippen LogP contribution in [0.3, 0.4) is 0 Å². The standard InChI is InChI=1S/C20H13N3O3S2/c24-19-18(20-23-16-5-1-2-6-17(16)27-20)14-10-12(7-8-15(14)22-19)28(25,26)13-4-3-9-21-11-13/h1-11,22,24H. The number of thiazole rings is 1. The van der Waals surface area contributed by atoms with Crippen molar-refractivity contribution >= 4 is 42.3 Å². The SMILES string of the molecule is O=S(=O)(c1cccnc1)c1ccc2[nH]c(O)c(-c3nc4ccccc4s3)c2c1. The second-order valence-electron chi connectivity index (χ2n) is 6.23. The fourth-order valence-corrected chi connectivity index (χ4v) is 5.44. The summed E-state index contributed by atoms with van der Waals surface area (Å²) in [5, 5.41) is 11.7. The molecule has 3 aromatic heterocycles. The number of nitrogens with zero attached hydrogens (tertiary/aromatic N) is 2. The number of aromatic nitrogens is 3. The molecule has 3 heterocycles. The summed E-state index contributed by atoms with van der Waals surface area (Å²) in [6.07, 6.45) is 2.85. The average molecular weight is 407 g/mol. The van der Waals surface area contributed by atoms with Crippen molar-refractivity contribution in [1.29, 1.82) is 0 Å². The van der Waals surface area contributed by atoms with Gasteiger partial charge < -0.3 is 10.1 Å². The van der Waals surface area contributed by atoms with Crippen LogP contribution in [0.1, 0.15) is 0 Å². The molecule has 0 bridgehead atoms. The van der Waals surface area contributed by atoms with Gasteiger partial charge in [0, 0.05) is 23.3 Å². The highest BCUT2D eigenvalue weighted by Crippen LogP contribution is 2.41. The number of benzene rings is 2. The van der Waals surface area contributed by atoms with Crippen LogP contribution in [0.25, 0.3) is 31.7 Å². The van der Waals surface area contributed by atoms with Gasteiger partial charge in [0.15, 0.2) is 5.88 Å². The van der Waals surface area contributed by atoms with Crippen LogP contribution in [0.2, 0.25) is 0 Å². The van der Waals surface area contributed by atoms with E-state index in [4.69, 9.17) is 0 Å². The van der Waals surface area contributed by atoms with Gasteiger partial charge in [0.25, 0.3) is 0 Å². The molecule has 0 aliphatic rings. The fraction of sp³-hybridized carbons (Fsp3) is 0. The van der Waals surface area contributed by atoms with Gasteiger partial charge in [-0.1, -0.05) is 12.1 Å². The van der Waals surface area contributed by atoms with Crippen molar-refractivity contribution in [3.05, 3.63) is 67.0 Å². The van der Waals surface area contributed by atoms with Crippen LogP contribution in [0.5, 0.6) is 5.88 Å². The molecule has 5 aromatic rings. The van der Waals surface area contributed by atoms with Gasteiger partial charge in [-0.3, -0.25) is 4.98 Å². The third-order valence-corrected chi connectivity index (χ3v) is 7.30. The Balaban J connectivity index is 1.73. The van der Waals surface area contributed by atoms with Gasteiger partial charge in [0.2, 0.25) is 9.84 Å². The summed E-state index contributed by atoms with van der Waals surface area (Å²) in [6.45, 7) is 0. The largest absolute Gasteiger partial charge is 0.494 e. The lowest BCUT2D eigenvalue weighted by Gasteiger charge is -2.04. The van der Waals surface area contributed by atoms with Crippen molar-refractivity contribution in [2.75, 3.05) is 0 Å². The average Bonchev–Trinajstić information content (AvgIpc) is 3.27. The van der Waals surface area contributed by atoms with E-state index < -0.39 is 9.84 Å². The molecule has 6 nitrogen and oxygen atoms in total. The third-order valence-electron chi connectivity index (χ3n) is 4.51. The highest BCUT2D eigenvalue weighted by molar-refractivity contribution is 7.91. The van der Waals surface area contributed by atoms with Crippen molar-refractivity contribution in [2.24, 2.45) is 0 Å². The van der Waals surface area contributed by atoms with Crippen LogP contribution in [0, 0.1) is 0 Å². The first-order valence-electron chi connectivity index (χ1n) is 8.40. The molecular formula is C20H13N3O3S2. The number of para-hydroxylation sites is 1. The highest BCUT2D eigenvalue weighted by atomic mass is 32.2. The molecule has 0 aliphatic heterocycles. The maximum Gasteiger partial charge on any atom is 0.208 e. The van der Waals surface area contributed by atoms with Crippen molar-refractivity contribution < 1.29 is 13.5 Å². The zero-order chi connectivity index (χ0) is 19.3. The Bertz CT molecular complexity index is 1400. The van der Waals surface area contributed by atoms with Gasteiger partial charge >= 0.3 is 0 Å². The van der Waals surface area contributed by atoms with Crippen LogP contribution in [-0.2, 0) is 9.84 Å². The summed E-state index contributed by atoms with van der Waals surface area (Å²) in [4.78, 5) is 11.7. The first-order valence-corrected chi connectivity index (χ1v) is 10.7. The van der Waals surface area contributed by atoms with Gasteiger partial charge in [-0.15, -0.1) is 11.3 Å². The minimum atomic E-state index is -3.72. The van der Waals surface area contributed by atoms with Gasteiger partial charge in [-0.05, 0) is 42.5 Å². The number of aromatic amines is 1. The van der Waals surface area contributed by atoms with E-state index in [1.165, 1.54) is 35.9 Å². The van der Waals surface area contributed by atoms with E-state index in [9.17, 15) is 13.5 Å². The summed E-state index contributed by atoms with van der Waals surface area (Å²) in [6, 6.07) is 15.5. The Kier molecular flexibility index (Phi) is 3.71. The topological polar surface area (TPSA) is 95.9 Å². The van der Waals surface area contributed by atoms with E-state index in [1.807, 2.05) is 24.3 Å². The molecule has 0 unspecified atom stereocenters. The second-order valence-corrected chi connectivity index (χ2v) is 9.22. The maximum absolute atomic E-state index is 12.9. The first-order chi connectivity index (χ1) is 13.5. The minimum absolute atomic E-state index is 0.0371. The van der Waals surface area contributed by atoms with Crippen LogP contribution >= 0.6 is 11.3 Å². The van der Waals surface area contributed by atoms with Crippen molar-refractivity contribution in [3.8, 4) is 16.5 Å². The predicted molar refractivity (Wildman–Crippen MR) is 108 cm³/mol. The number of aromatic hydroxyl groups is 1. The number of pyridine rings is 1. The minimum Gasteiger partial charge on any atom is -0.494 e.